The average molecular weight is 287 g/mol. The SMILES string of the molecule is CC(C1CC1)N(C)C(CN)c1ccc(Cl)cc1Cl. The van der Waals surface area contributed by atoms with Crippen LogP contribution in [0.15, 0.2) is 18.2 Å². The average Bonchev–Trinajstić information content (AvgIpc) is 3.15. The van der Waals surface area contributed by atoms with Crippen molar-refractivity contribution < 1.29 is 0 Å². The largest absolute Gasteiger partial charge is 0.329 e. The van der Waals surface area contributed by atoms with E-state index in [1.807, 2.05) is 12.1 Å². The van der Waals surface area contributed by atoms with Gasteiger partial charge in [0, 0.05) is 28.7 Å². The van der Waals surface area contributed by atoms with Crippen molar-refractivity contribution in [2.45, 2.75) is 31.8 Å². The quantitative estimate of drug-likeness (QED) is 0.894. The van der Waals surface area contributed by atoms with Crippen molar-refractivity contribution >= 4 is 23.2 Å². The van der Waals surface area contributed by atoms with E-state index in [9.17, 15) is 0 Å². The Balaban J connectivity index is 2.20. The highest BCUT2D eigenvalue weighted by Crippen LogP contribution is 2.38. The zero-order chi connectivity index (χ0) is 13.3. The van der Waals surface area contributed by atoms with Crippen LogP contribution in [0.3, 0.4) is 0 Å². The second-order valence-electron chi connectivity index (χ2n) is 5.16. The number of rotatable bonds is 5. The van der Waals surface area contributed by atoms with Crippen LogP contribution in [0.5, 0.6) is 0 Å². The Morgan fingerprint density at radius 3 is 2.56 bits per heavy atom. The fourth-order valence-electron chi connectivity index (χ4n) is 2.48. The van der Waals surface area contributed by atoms with Crippen molar-refractivity contribution in [3.8, 4) is 0 Å². The van der Waals surface area contributed by atoms with Crippen LogP contribution in [0.25, 0.3) is 0 Å². The molecule has 4 heteroatoms. The fourth-order valence-corrected chi connectivity index (χ4v) is 3.01. The van der Waals surface area contributed by atoms with Gasteiger partial charge in [-0.2, -0.15) is 0 Å². The molecule has 2 nitrogen and oxygen atoms in total. The molecule has 2 atom stereocenters. The van der Waals surface area contributed by atoms with E-state index in [2.05, 4.69) is 18.9 Å². The monoisotopic (exact) mass is 286 g/mol. The van der Waals surface area contributed by atoms with Crippen molar-refractivity contribution in [3.05, 3.63) is 33.8 Å². The summed E-state index contributed by atoms with van der Waals surface area (Å²) in [5, 5.41) is 1.37. The molecule has 0 radical (unpaired) electrons. The summed E-state index contributed by atoms with van der Waals surface area (Å²) >= 11 is 12.2. The van der Waals surface area contributed by atoms with Crippen LogP contribution in [0, 0.1) is 5.92 Å². The van der Waals surface area contributed by atoms with Crippen LogP contribution in [-0.2, 0) is 0 Å². The molecule has 100 valence electrons. The van der Waals surface area contributed by atoms with E-state index in [1.54, 1.807) is 6.07 Å². The number of benzene rings is 1. The molecule has 1 aliphatic rings. The normalized spacial score (nSPS) is 19.0. The summed E-state index contributed by atoms with van der Waals surface area (Å²) in [5.41, 5.74) is 7.01. The third-order valence-electron chi connectivity index (χ3n) is 3.98. The van der Waals surface area contributed by atoms with Crippen molar-refractivity contribution in [2.75, 3.05) is 13.6 Å². The molecule has 2 N–H and O–H groups in total. The standard InChI is InChI=1S/C14H20Cl2N2/c1-9(10-3-4-10)18(2)14(8-17)12-6-5-11(15)7-13(12)16/h5-7,9-10,14H,3-4,8,17H2,1-2H3. The van der Waals surface area contributed by atoms with Gasteiger partial charge in [-0.1, -0.05) is 29.3 Å². The number of likely N-dealkylation sites (N-methyl/N-ethyl adjacent to an activating group) is 1. The molecule has 1 fully saturated rings. The molecule has 2 rings (SSSR count). The van der Waals surface area contributed by atoms with E-state index in [-0.39, 0.29) is 6.04 Å². The van der Waals surface area contributed by atoms with Gasteiger partial charge in [0.1, 0.15) is 0 Å². The minimum atomic E-state index is 0.158. The number of hydrogen-bond acceptors (Lipinski definition) is 2. The van der Waals surface area contributed by atoms with E-state index in [4.69, 9.17) is 28.9 Å². The summed E-state index contributed by atoms with van der Waals surface area (Å²) in [4.78, 5) is 2.34. The molecule has 0 aliphatic heterocycles. The van der Waals surface area contributed by atoms with Crippen LogP contribution in [-0.4, -0.2) is 24.5 Å². The second-order valence-corrected chi connectivity index (χ2v) is 6.00. The summed E-state index contributed by atoms with van der Waals surface area (Å²) in [6, 6.07) is 6.35. The third kappa shape index (κ3) is 3.00. The van der Waals surface area contributed by atoms with E-state index >= 15 is 0 Å². The molecule has 1 aromatic carbocycles. The van der Waals surface area contributed by atoms with Crippen LogP contribution in [0.1, 0.15) is 31.4 Å². The molecule has 18 heavy (non-hydrogen) atoms. The first-order valence-electron chi connectivity index (χ1n) is 6.41. The first-order chi connectivity index (χ1) is 8.54. The Morgan fingerprint density at radius 1 is 1.39 bits per heavy atom. The summed E-state index contributed by atoms with van der Waals surface area (Å²) in [6.07, 6.45) is 2.66. The van der Waals surface area contributed by atoms with Crippen LogP contribution >= 0.6 is 23.2 Å². The third-order valence-corrected chi connectivity index (χ3v) is 4.55. The maximum absolute atomic E-state index is 6.28. The lowest BCUT2D eigenvalue weighted by Gasteiger charge is -2.33. The number of nitrogens with two attached hydrogens (primary N) is 1. The first kappa shape index (κ1) is 14.1. The van der Waals surface area contributed by atoms with Gasteiger partial charge in [-0.25, -0.2) is 0 Å². The number of hydrogen-bond donors (Lipinski definition) is 1. The molecule has 0 amide bonds. The summed E-state index contributed by atoms with van der Waals surface area (Å²) in [5.74, 6) is 0.815. The lowest BCUT2D eigenvalue weighted by atomic mass is 10.0. The number of halogens is 2. The van der Waals surface area contributed by atoms with Gasteiger partial charge >= 0.3 is 0 Å². The van der Waals surface area contributed by atoms with Crippen LogP contribution in [0.2, 0.25) is 10.0 Å². The van der Waals surface area contributed by atoms with Gasteiger partial charge in [0.25, 0.3) is 0 Å². The highest BCUT2D eigenvalue weighted by Gasteiger charge is 2.33. The first-order valence-corrected chi connectivity index (χ1v) is 7.17. The fraction of sp³-hybridized carbons (Fsp3) is 0.571. The van der Waals surface area contributed by atoms with Crippen molar-refractivity contribution in [2.24, 2.45) is 11.7 Å². The van der Waals surface area contributed by atoms with Gasteiger partial charge in [-0.3, -0.25) is 4.90 Å². The lowest BCUT2D eigenvalue weighted by Crippen LogP contribution is -2.38. The highest BCUT2D eigenvalue weighted by molar-refractivity contribution is 6.35. The van der Waals surface area contributed by atoms with Crippen molar-refractivity contribution in [3.63, 3.8) is 0 Å². The van der Waals surface area contributed by atoms with Gasteiger partial charge < -0.3 is 5.73 Å². The van der Waals surface area contributed by atoms with Gasteiger partial charge in [0.15, 0.2) is 0 Å². The minimum Gasteiger partial charge on any atom is -0.329 e. The molecule has 0 bridgehead atoms. The highest BCUT2D eigenvalue weighted by atomic mass is 35.5. The maximum Gasteiger partial charge on any atom is 0.0485 e. The lowest BCUT2D eigenvalue weighted by molar-refractivity contribution is 0.171. The molecule has 1 saturated carbocycles. The van der Waals surface area contributed by atoms with Gasteiger partial charge in [0.05, 0.1) is 0 Å². The molecule has 1 aliphatic carbocycles. The van der Waals surface area contributed by atoms with E-state index in [1.165, 1.54) is 12.8 Å². The Bertz CT molecular complexity index is 418. The smallest absolute Gasteiger partial charge is 0.0485 e. The molecular formula is C14H20Cl2N2. The summed E-state index contributed by atoms with van der Waals surface area (Å²) < 4.78 is 0. The summed E-state index contributed by atoms with van der Waals surface area (Å²) in [7, 11) is 2.13. The van der Waals surface area contributed by atoms with E-state index < -0.39 is 0 Å². The zero-order valence-electron chi connectivity index (χ0n) is 10.9. The zero-order valence-corrected chi connectivity index (χ0v) is 12.4. The molecule has 2 unspecified atom stereocenters. The second kappa shape index (κ2) is 5.79. The predicted molar refractivity (Wildman–Crippen MR) is 78.2 cm³/mol. The molecule has 0 saturated heterocycles. The van der Waals surface area contributed by atoms with Gasteiger partial charge in [-0.05, 0) is 50.4 Å². The Kier molecular flexibility index (Phi) is 4.54. The minimum absolute atomic E-state index is 0.158. The van der Waals surface area contributed by atoms with Crippen molar-refractivity contribution in [1.29, 1.82) is 0 Å². The Labute approximate surface area is 119 Å². The predicted octanol–water partition coefficient (Wildman–Crippen LogP) is 3.72. The molecule has 0 aromatic heterocycles. The summed E-state index contributed by atoms with van der Waals surface area (Å²) in [6.45, 7) is 2.83. The van der Waals surface area contributed by atoms with Gasteiger partial charge in [-0.15, -0.1) is 0 Å². The molecule has 0 heterocycles. The van der Waals surface area contributed by atoms with Crippen LogP contribution in [0.4, 0.5) is 0 Å². The molecule has 1 aromatic rings. The Morgan fingerprint density at radius 2 is 2.06 bits per heavy atom. The topological polar surface area (TPSA) is 29.3 Å². The van der Waals surface area contributed by atoms with Crippen LogP contribution < -0.4 is 5.73 Å². The van der Waals surface area contributed by atoms with Gasteiger partial charge in [0.2, 0.25) is 0 Å². The van der Waals surface area contributed by atoms with E-state index in [0.29, 0.717) is 22.6 Å². The van der Waals surface area contributed by atoms with E-state index in [0.717, 1.165) is 11.5 Å². The number of nitrogens with zero attached hydrogens (tertiary/aromatic N) is 1. The Hall–Kier alpha value is -0.280. The maximum atomic E-state index is 6.28. The molecule has 0 spiro atoms. The van der Waals surface area contributed by atoms with Crippen molar-refractivity contribution in [1.82, 2.24) is 4.90 Å². The molecular weight excluding hydrogens is 267 g/mol.